The molecular weight excluding hydrogens is 274 g/mol. The van der Waals surface area contributed by atoms with E-state index >= 15 is 0 Å². The Balaban J connectivity index is 2.31. The SMILES string of the molecule is COc1cc(Cl)cc(CC(C)N)c1OC1C=CCCC1. The van der Waals surface area contributed by atoms with E-state index < -0.39 is 0 Å². The Morgan fingerprint density at radius 2 is 2.25 bits per heavy atom. The zero-order valence-corrected chi connectivity index (χ0v) is 12.8. The fraction of sp³-hybridized carbons (Fsp3) is 0.500. The molecule has 2 N–H and O–H groups in total. The zero-order chi connectivity index (χ0) is 14.5. The molecule has 2 unspecified atom stereocenters. The molecule has 1 aromatic rings. The third-order valence-corrected chi connectivity index (χ3v) is 3.56. The summed E-state index contributed by atoms with van der Waals surface area (Å²) in [7, 11) is 1.63. The Morgan fingerprint density at radius 3 is 2.85 bits per heavy atom. The minimum atomic E-state index is 0.0439. The van der Waals surface area contributed by atoms with Gasteiger partial charge in [0, 0.05) is 22.7 Å². The first kappa shape index (κ1) is 15.2. The lowest BCUT2D eigenvalue weighted by molar-refractivity contribution is 0.217. The Bertz CT molecular complexity index is 486. The van der Waals surface area contributed by atoms with Crippen LogP contribution < -0.4 is 15.2 Å². The van der Waals surface area contributed by atoms with Gasteiger partial charge in [0.15, 0.2) is 11.5 Å². The fourth-order valence-corrected chi connectivity index (χ4v) is 2.67. The molecule has 0 amide bonds. The van der Waals surface area contributed by atoms with Gasteiger partial charge in [-0.25, -0.2) is 0 Å². The maximum absolute atomic E-state index is 6.14. The van der Waals surface area contributed by atoms with Crippen LogP contribution in [0.2, 0.25) is 5.02 Å². The lowest BCUT2D eigenvalue weighted by Gasteiger charge is -2.23. The standard InChI is InChI=1S/C16H22ClNO2/c1-11(18)8-12-9-13(17)10-15(19-2)16(12)20-14-6-4-3-5-7-14/h4,6,9-11,14H,3,5,7-8,18H2,1-2H3. The van der Waals surface area contributed by atoms with Crippen molar-refractivity contribution in [3.63, 3.8) is 0 Å². The first-order valence-electron chi connectivity index (χ1n) is 7.05. The van der Waals surface area contributed by atoms with Gasteiger partial charge in [0.05, 0.1) is 7.11 Å². The second-order valence-electron chi connectivity index (χ2n) is 5.29. The summed E-state index contributed by atoms with van der Waals surface area (Å²) >= 11 is 6.14. The minimum Gasteiger partial charge on any atom is -0.493 e. The molecule has 110 valence electrons. The van der Waals surface area contributed by atoms with Crippen molar-refractivity contribution in [3.8, 4) is 11.5 Å². The van der Waals surface area contributed by atoms with Gasteiger partial charge in [-0.1, -0.05) is 17.7 Å². The molecule has 4 heteroatoms. The van der Waals surface area contributed by atoms with Gasteiger partial charge in [0.25, 0.3) is 0 Å². The van der Waals surface area contributed by atoms with E-state index in [-0.39, 0.29) is 12.1 Å². The van der Waals surface area contributed by atoms with E-state index in [4.69, 9.17) is 26.8 Å². The van der Waals surface area contributed by atoms with E-state index in [1.54, 1.807) is 13.2 Å². The van der Waals surface area contributed by atoms with Crippen molar-refractivity contribution >= 4 is 11.6 Å². The van der Waals surface area contributed by atoms with Crippen LogP contribution >= 0.6 is 11.6 Å². The maximum Gasteiger partial charge on any atom is 0.165 e. The summed E-state index contributed by atoms with van der Waals surface area (Å²) in [5.74, 6) is 1.44. The number of hydrogen-bond donors (Lipinski definition) is 1. The van der Waals surface area contributed by atoms with Crippen molar-refractivity contribution in [2.24, 2.45) is 5.73 Å². The predicted octanol–water partition coefficient (Wildman–Crippen LogP) is 3.73. The molecule has 0 aliphatic heterocycles. The number of benzene rings is 1. The lowest BCUT2D eigenvalue weighted by Crippen LogP contribution is -2.21. The number of nitrogens with two attached hydrogens (primary N) is 1. The van der Waals surface area contributed by atoms with Gasteiger partial charge in [-0.05, 0) is 44.7 Å². The average Bonchev–Trinajstić information content (AvgIpc) is 2.42. The smallest absolute Gasteiger partial charge is 0.165 e. The average molecular weight is 296 g/mol. The van der Waals surface area contributed by atoms with Gasteiger partial charge < -0.3 is 15.2 Å². The second kappa shape index (κ2) is 7.00. The minimum absolute atomic E-state index is 0.0439. The van der Waals surface area contributed by atoms with Gasteiger partial charge in [0.2, 0.25) is 0 Å². The highest BCUT2D eigenvalue weighted by Crippen LogP contribution is 2.37. The van der Waals surface area contributed by atoms with Crippen molar-refractivity contribution in [1.29, 1.82) is 0 Å². The van der Waals surface area contributed by atoms with Gasteiger partial charge in [-0.3, -0.25) is 0 Å². The highest BCUT2D eigenvalue weighted by Gasteiger charge is 2.18. The Morgan fingerprint density at radius 1 is 1.45 bits per heavy atom. The number of hydrogen-bond acceptors (Lipinski definition) is 3. The summed E-state index contributed by atoms with van der Waals surface area (Å²) in [5, 5.41) is 0.643. The van der Waals surface area contributed by atoms with E-state index in [1.807, 2.05) is 13.0 Å². The molecule has 0 spiro atoms. The Hall–Kier alpha value is -1.19. The highest BCUT2D eigenvalue weighted by atomic mass is 35.5. The van der Waals surface area contributed by atoms with Crippen molar-refractivity contribution < 1.29 is 9.47 Å². The van der Waals surface area contributed by atoms with Crippen LogP contribution in [0.5, 0.6) is 11.5 Å². The van der Waals surface area contributed by atoms with Gasteiger partial charge in [-0.15, -0.1) is 0 Å². The number of methoxy groups -OCH3 is 1. The highest BCUT2D eigenvalue weighted by molar-refractivity contribution is 6.30. The topological polar surface area (TPSA) is 44.5 Å². The van der Waals surface area contributed by atoms with Crippen LogP contribution in [0.15, 0.2) is 24.3 Å². The first-order valence-corrected chi connectivity index (χ1v) is 7.43. The molecule has 2 rings (SSSR count). The third kappa shape index (κ3) is 3.90. The summed E-state index contributed by atoms with van der Waals surface area (Å²) in [6, 6.07) is 3.74. The number of ether oxygens (including phenoxy) is 2. The molecule has 1 aliphatic rings. The second-order valence-corrected chi connectivity index (χ2v) is 5.73. The molecule has 1 aromatic carbocycles. The quantitative estimate of drug-likeness (QED) is 0.842. The number of rotatable bonds is 5. The molecule has 1 aliphatic carbocycles. The number of halogens is 1. The molecule has 0 aromatic heterocycles. The molecular formula is C16H22ClNO2. The van der Waals surface area contributed by atoms with E-state index in [2.05, 4.69) is 12.2 Å². The molecule has 3 nitrogen and oxygen atoms in total. The van der Waals surface area contributed by atoms with Crippen molar-refractivity contribution in [3.05, 3.63) is 34.9 Å². The van der Waals surface area contributed by atoms with Crippen LogP contribution in [-0.4, -0.2) is 19.3 Å². The third-order valence-electron chi connectivity index (χ3n) is 3.34. The lowest BCUT2D eigenvalue weighted by atomic mass is 10.0. The molecule has 0 saturated heterocycles. The van der Waals surface area contributed by atoms with Crippen LogP contribution in [0.1, 0.15) is 31.7 Å². The molecule has 0 heterocycles. The van der Waals surface area contributed by atoms with Crippen LogP contribution in [0.4, 0.5) is 0 Å². The normalized spacial score (nSPS) is 19.7. The largest absolute Gasteiger partial charge is 0.493 e. The van der Waals surface area contributed by atoms with Crippen LogP contribution in [-0.2, 0) is 6.42 Å². The summed E-state index contributed by atoms with van der Waals surface area (Å²) in [6.07, 6.45) is 8.41. The molecule has 0 saturated carbocycles. The van der Waals surface area contributed by atoms with Gasteiger partial charge >= 0.3 is 0 Å². The van der Waals surface area contributed by atoms with Crippen molar-refractivity contribution in [1.82, 2.24) is 0 Å². The molecule has 0 bridgehead atoms. The van der Waals surface area contributed by atoms with Crippen LogP contribution in [0.3, 0.4) is 0 Å². The summed E-state index contributed by atoms with van der Waals surface area (Å²) in [4.78, 5) is 0. The van der Waals surface area contributed by atoms with Gasteiger partial charge in [-0.2, -0.15) is 0 Å². The predicted molar refractivity (Wildman–Crippen MR) is 82.8 cm³/mol. The summed E-state index contributed by atoms with van der Waals surface area (Å²) in [6.45, 7) is 1.97. The maximum atomic E-state index is 6.14. The van der Waals surface area contributed by atoms with E-state index in [0.717, 1.165) is 30.6 Å². The van der Waals surface area contributed by atoms with E-state index in [9.17, 15) is 0 Å². The van der Waals surface area contributed by atoms with E-state index in [0.29, 0.717) is 17.2 Å². The van der Waals surface area contributed by atoms with Gasteiger partial charge in [0.1, 0.15) is 6.10 Å². The Labute approximate surface area is 125 Å². The zero-order valence-electron chi connectivity index (χ0n) is 12.1. The number of allylic oxidation sites excluding steroid dienone is 1. The first-order chi connectivity index (χ1) is 9.60. The Kier molecular flexibility index (Phi) is 5.32. The fourth-order valence-electron chi connectivity index (χ4n) is 2.44. The molecule has 0 radical (unpaired) electrons. The molecule has 20 heavy (non-hydrogen) atoms. The summed E-state index contributed by atoms with van der Waals surface area (Å²) in [5.41, 5.74) is 6.92. The molecule has 2 atom stereocenters. The molecule has 0 fully saturated rings. The summed E-state index contributed by atoms with van der Waals surface area (Å²) < 4.78 is 11.6. The van der Waals surface area contributed by atoms with Crippen LogP contribution in [0.25, 0.3) is 0 Å². The van der Waals surface area contributed by atoms with E-state index in [1.165, 1.54) is 0 Å². The monoisotopic (exact) mass is 295 g/mol. The van der Waals surface area contributed by atoms with Crippen LogP contribution in [0, 0.1) is 0 Å². The van der Waals surface area contributed by atoms with Crippen molar-refractivity contribution in [2.45, 2.75) is 44.8 Å². The van der Waals surface area contributed by atoms with Crippen molar-refractivity contribution in [2.75, 3.05) is 7.11 Å².